The molecule has 0 fully saturated rings. The minimum atomic E-state index is -0.190. The van der Waals surface area contributed by atoms with Crippen molar-refractivity contribution in [1.29, 1.82) is 0 Å². The van der Waals surface area contributed by atoms with E-state index in [1.165, 1.54) is 22.3 Å². The Hall–Kier alpha value is -4.64. The summed E-state index contributed by atoms with van der Waals surface area (Å²) in [4.78, 5) is 28.5. The summed E-state index contributed by atoms with van der Waals surface area (Å²) in [6, 6.07) is 34.0. The van der Waals surface area contributed by atoms with E-state index in [1.54, 1.807) is 0 Å². The topological polar surface area (TPSA) is 51.5 Å². The van der Waals surface area contributed by atoms with Gasteiger partial charge in [0.05, 0.1) is 6.61 Å². The molecule has 0 unspecified atom stereocenters. The number of aromatic nitrogens is 1. The van der Waals surface area contributed by atoms with Crippen LogP contribution in [0.2, 0.25) is 0 Å². The second kappa shape index (κ2) is 16.5. The Kier molecular flexibility index (Phi) is 11.9. The molecule has 5 rings (SSSR count). The van der Waals surface area contributed by atoms with Crippen molar-refractivity contribution in [2.24, 2.45) is 11.8 Å². The van der Waals surface area contributed by atoms with Gasteiger partial charge in [0.25, 0.3) is 0 Å². The van der Waals surface area contributed by atoms with Crippen LogP contribution < -0.4 is 4.90 Å². The van der Waals surface area contributed by atoms with E-state index in [-0.39, 0.29) is 11.8 Å². The molecule has 250 valence electrons. The van der Waals surface area contributed by atoms with Crippen molar-refractivity contribution in [1.82, 2.24) is 4.57 Å². The summed E-state index contributed by atoms with van der Waals surface area (Å²) in [6.07, 6.45) is 5.08. The number of benzene rings is 4. The van der Waals surface area contributed by atoms with Gasteiger partial charge in [-0.05, 0) is 78.5 Å². The van der Waals surface area contributed by atoms with Crippen LogP contribution in [0.1, 0.15) is 85.6 Å². The Labute approximate surface area is 286 Å². The Morgan fingerprint density at radius 1 is 0.729 bits per heavy atom. The van der Waals surface area contributed by atoms with Crippen molar-refractivity contribution in [3.05, 3.63) is 137 Å². The third-order valence-electron chi connectivity index (χ3n) is 8.67. The van der Waals surface area contributed by atoms with E-state index in [2.05, 4.69) is 91.8 Å². The van der Waals surface area contributed by atoms with Gasteiger partial charge in [-0.2, -0.15) is 0 Å². The van der Waals surface area contributed by atoms with E-state index in [1.807, 2.05) is 55.6 Å². The normalized spacial score (nSPS) is 11.4. The van der Waals surface area contributed by atoms with E-state index < -0.39 is 0 Å². The molecule has 0 amide bonds. The third kappa shape index (κ3) is 9.25. The average molecular weight is 643 g/mol. The fourth-order valence-corrected chi connectivity index (χ4v) is 6.42. The number of ether oxygens (including phenoxy) is 1. The SMILES string of the molecule is CCOC(=O)CCCn1cc(C(=O)c2cccc(N(Cc3ccc(CC(C)C)cc3)Cc3ccc(CC(C)C)cc3)c2)c2ccccc21. The number of aryl methyl sites for hydroxylation is 1. The molecule has 1 heterocycles. The number of hydrogen-bond acceptors (Lipinski definition) is 4. The molecule has 0 saturated heterocycles. The molecular formula is C43H50N2O3. The lowest BCUT2D eigenvalue weighted by molar-refractivity contribution is -0.143. The first-order valence-corrected chi connectivity index (χ1v) is 17.5. The van der Waals surface area contributed by atoms with Crippen molar-refractivity contribution < 1.29 is 14.3 Å². The molecule has 5 heteroatoms. The van der Waals surface area contributed by atoms with Gasteiger partial charge < -0.3 is 14.2 Å². The highest BCUT2D eigenvalue weighted by atomic mass is 16.5. The summed E-state index contributed by atoms with van der Waals surface area (Å²) in [5.74, 6) is 1.03. The molecule has 0 bridgehead atoms. The number of ketones is 1. The predicted octanol–water partition coefficient (Wildman–Crippen LogP) is 9.82. The van der Waals surface area contributed by atoms with Crippen molar-refractivity contribution >= 4 is 28.3 Å². The Morgan fingerprint density at radius 2 is 1.31 bits per heavy atom. The van der Waals surface area contributed by atoms with Crippen molar-refractivity contribution in [3.63, 3.8) is 0 Å². The molecule has 1 aromatic heterocycles. The van der Waals surface area contributed by atoms with Crippen LogP contribution in [0.5, 0.6) is 0 Å². The average Bonchev–Trinajstić information content (AvgIpc) is 3.44. The minimum Gasteiger partial charge on any atom is -0.466 e. The number of hydrogen-bond donors (Lipinski definition) is 0. The first-order chi connectivity index (χ1) is 23.2. The summed E-state index contributed by atoms with van der Waals surface area (Å²) in [7, 11) is 0. The number of esters is 1. The second-order valence-electron chi connectivity index (χ2n) is 13.7. The molecule has 48 heavy (non-hydrogen) atoms. The molecule has 0 aliphatic heterocycles. The zero-order valence-corrected chi connectivity index (χ0v) is 29.2. The van der Waals surface area contributed by atoms with Gasteiger partial charge in [0.1, 0.15) is 0 Å². The van der Waals surface area contributed by atoms with Crippen molar-refractivity contribution in [3.8, 4) is 0 Å². The highest BCUT2D eigenvalue weighted by Crippen LogP contribution is 2.28. The lowest BCUT2D eigenvalue weighted by Gasteiger charge is -2.26. The van der Waals surface area contributed by atoms with E-state index in [0.29, 0.717) is 49.0 Å². The highest BCUT2D eigenvalue weighted by Gasteiger charge is 2.19. The van der Waals surface area contributed by atoms with Crippen LogP contribution in [0.25, 0.3) is 10.9 Å². The third-order valence-corrected chi connectivity index (χ3v) is 8.67. The molecule has 0 aliphatic carbocycles. The number of rotatable bonds is 16. The Balaban J connectivity index is 1.42. The van der Waals surface area contributed by atoms with Crippen molar-refractivity contribution in [2.75, 3.05) is 11.5 Å². The number of fused-ring (bicyclic) bond motifs is 1. The summed E-state index contributed by atoms with van der Waals surface area (Å²) in [5.41, 5.74) is 8.52. The molecule has 5 aromatic rings. The maximum atomic E-state index is 14.2. The van der Waals surface area contributed by atoms with E-state index >= 15 is 0 Å². The van der Waals surface area contributed by atoms with Crippen LogP contribution in [0, 0.1) is 11.8 Å². The molecule has 0 radical (unpaired) electrons. The van der Waals surface area contributed by atoms with Gasteiger partial charge in [-0.3, -0.25) is 9.59 Å². The molecule has 0 N–H and O–H groups in total. The minimum absolute atomic E-state index is 0.00628. The van der Waals surface area contributed by atoms with Gasteiger partial charge >= 0.3 is 5.97 Å². The number of para-hydroxylation sites is 1. The van der Waals surface area contributed by atoms with Gasteiger partial charge in [0.15, 0.2) is 5.78 Å². The smallest absolute Gasteiger partial charge is 0.305 e. The Bertz CT molecular complexity index is 1740. The molecule has 4 aromatic carbocycles. The zero-order chi connectivity index (χ0) is 34.0. The van der Waals surface area contributed by atoms with Gasteiger partial charge in [-0.1, -0.05) is 107 Å². The summed E-state index contributed by atoms with van der Waals surface area (Å²) < 4.78 is 7.19. The standard InChI is InChI=1S/C43H50N2O3/c1-6-48-42(46)15-10-24-44-30-40(39-13-7-8-14-41(39)44)43(47)37-11-9-12-38(27-37)45(28-35-20-16-33(17-21-35)25-31(2)3)29-36-22-18-34(19-23-36)26-32(4)5/h7-9,11-14,16-23,27,30-32H,6,10,15,24-26,28-29H2,1-5H3. The summed E-state index contributed by atoms with van der Waals surface area (Å²) in [5, 5.41) is 0.920. The summed E-state index contributed by atoms with van der Waals surface area (Å²) in [6.45, 7) is 13.3. The van der Waals surface area contributed by atoms with Crippen LogP contribution in [-0.4, -0.2) is 22.9 Å². The molecular weight excluding hydrogens is 592 g/mol. The number of carbonyl (C=O) groups excluding carboxylic acids is 2. The lowest BCUT2D eigenvalue weighted by Crippen LogP contribution is -2.22. The molecule has 0 aliphatic rings. The van der Waals surface area contributed by atoms with Gasteiger partial charge in [0, 0.05) is 60.0 Å². The van der Waals surface area contributed by atoms with Gasteiger partial charge in [-0.25, -0.2) is 0 Å². The largest absolute Gasteiger partial charge is 0.466 e. The van der Waals surface area contributed by atoms with Gasteiger partial charge in [-0.15, -0.1) is 0 Å². The van der Waals surface area contributed by atoms with Crippen LogP contribution in [-0.2, 0) is 42.0 Å². The summed E-state index contributed by atoms with van der Waals surface area (Å²) >= 11 is 0. The van der Waals surface area contributed by atoms with Crippen LogP contribution in [0.4, 0.5) is 5.69 Å². The van der Waals surface area contributed by atoms with E-state index in [0.717, 1.165) is 42.5 Å². The quantitative estimate of drug-likeness (QED) is 0.0794. The molecule has 0 atom stereocenters. The number of anilines is 1. The van der Waals surface area contributed by atoms with Gasteiger partial charge in [0.2, 0.25) is 0 Å². The number of carbonyl (C=O) groups is 2. The Morgan fingerprint density at radius 3 is 1.90 bits per heavy atom. The van der Waals surface area contributed by atoms with Crippen LogP contribution in [0.15, 0.2) is 103 Å². The molecule has 0 spiro atoms. The van der Waals surface area contributed by atoms with Crippen LogP contribution in [0.3, 0.4) is 0 Å². The monoisotopic (exact) mass is 642 g/mol. The van der Waals surface area contributed by atoms with E-state index in [9.17, 15) is 9.59 Å². The fraction of sp³-hybridized carbons (Fsp3) is 0.349. The predicted molar refractivity (Wildman–Crippen MR) is 198 cm³/mol. The van der Waals surface area contributed by atoms with Crippen LogP contribution >= 0.6 is 0 Å². The molecule has 5 nitrogen and oxygen atoms in total. The maximum Gasteiger partial charge on any atom is 0.305 e. The first kappa shape index (κ1) is 34.7. The highest BCUT2D eigenvalue weighted by molar-refractivity contribution is 6.16. The zero-order valence-electron chi connectivity index (χ0n) is 29.2. The first-order valence-electron chi connectivity index (χ1n) is 17.5. The maximum absolute atomic E-state index is 14.2. The molecule has 0 saturated carbocycles. The van der Waals surface area contributed by atoms with E-state index in [4.69, 9.17) is 4.74 Å². The van der Waals surface area contributed by atoms with Crippen molar-refractivity contribution in [2.45, 2.75) is 79.9 Å². The fourth-order valence-electron chi connectivity index (χ4n) is 6.42. The second-order valence-corrected chi connectivity index (χ2v) is 13.7. The lowest BCUT2D eigenvalue weighted by atomic mass is 10.00. The number of nitrogens with zero attached hydrogens (tertiary/aromatic N) is 2.